The van der Waals surface area contributed by atoms with Gasteiger partial charge in [-0.1, -0.05) is 0 Å². The number of nitrogens with zero attached hydrogens (tertiary/aromatic N) is 3. The highest BCUT2D eigenvalue weighted by Gasteiger charge is 1.96. The average Bonchev–Trinajstić information content (AvgIpc) is 2.54. The minimum atomic E-state index is -0.164. The Kier molecular flexibility index (Phi) is 1.48. The summed E-state index contributed by atoms with van der Waals surface area (Å²) < 4.78 is 1.46. The molecule has 0 unspecified atom stereocenters. The van der Waals surface area contributed by atoms with Gasteiger partial charge < -0.3 is 0 Å². The zero-order chi connectivity index (χ0) is 8.39. The van der Waals surface area contributed by atoms with Crippen LogP contribution in [-0.4, -0.2) is 19.7 Å². The summed E-state index contributed by atoms with van der Waals surface area (Å²) in [5.74, 6) is 0.458. The Bertz CT molecular complexity index is 416. The van der Waals surface area contributed by atoms with Gasteiger partial charge in [0, 0.05) is 24.7 Å². The van der Waals surface area contributed by atoms with Crippen molar-refractivity contribution in [1.29, 1.82) is 0 Å². The summed E-state index contributed by atoms with van der Waals surface area (Å²) in [6, 6.07) is 3.13. The number of H-pyrrole nitrogens is 1. The van der Waals surface area contributed by atoms with Gasteiger partial charge >= 0.3 is 0 Å². The SMILES string of the molecule is O=c1ccn(-c2ncccn2)[nH]1. The zero-order valence-electron chi connectivity index (χ0n) is 6.14. The summed E-state index contributed by atoms with van der Waals surface area (Å²) in [6.45, 7) is 0. The predicted molar refractivity (Wildman–Crippen MR) is 42.0 cm³/mol. The molecule has 0 aliphatic rings. The van der Waals surface area contributed by atoms with E-state index in [2.05, 4.69) is 15.1 Å². The molecule has 5 nitrogen and oxygen atoms in total. The van der Waals surface area contributed by atoms with E-state index in [9.17, 15) is 4.79 Å². The maximum Gasteiger partial charge on any atom is 0.264 e. The van der Waals surface area contributed by atoms with Crippen LogP contribution in [0.2, 0.25) is 0 Å². The standard InChI is InChI=1S/C7H6N4O/c12-6-2-5-11(10-6)7-8-3-1-4-9-7/h1-5H,(H,10,12). The largest absolute Gasteiger partial charge is 0.268 e. The van der Waals surface area contributed by atoms with Gasteiger partial charge in [0.1, 0.15) is 0 Å². The van der Waals surface area contributed by atoms with Crippen molar-refractivity contribution in [1.82, 2.24) is 19.7 Å². The maximum atomic E-state index is 10.7. The average molecular weight is 162 g/mol. The number of hydrogen-bond acceptors (Lipinski definition) is 3. The molecular formula is C7H6N4O. The Labute approximate surface area is 67.7 Å². The molecule has 2 heterocycles. The predicted octanol–water partition coefficient (Wildman–Crippen LogP) is -0.0444. The molecule has 0 atom stereocenters. The van der Waals surface area contributed by atoms with Gasteiger partial charge in [0.05, 0.1) is 0 Å². The van der Waals surface area contributed by atoms with Crippen LogP contribution in [0.5, 0.6) is 0 Å². The Morgan fingerprint density at radius 3 is 2.67 bits per heavy atom. The van der Waals surface area contributed by atoms with Gasteiger partial charge in [-0.05, 0) is 6.07 Å². The number of rotatable bonds is 1. The molecule has 0 saturated carbocycles. The summed E-state index contributed by atoms with van der Waals surface area (Å²) >= 11 is 0. The molecule has 0 aromatic carbocycles. The fourth-order valence-electron chi connectivity index (χ4n) is 0.868. The summed E-state index contributed by atoms with van der Waals surface area (Å²) in [7, 11) is 0. The number of nitrogens with one attached hydrogen (secondary N) is 1. The first-order valence-corrected chi connectivity index (χ1v) is 3.41. The van der Waals surface area contributed by atoms with Crippen molar-refractivity contribution in [2.75, 3.05) is 0 Å². The fraction of sp³-hybridized carbons (Fsp3) is 0. The van der Waals surface area contributed by atoms with Crippen molar-refractivity contribution in [3.63, 3.8) is 0 Å². The lowest BCUT2D eigenvalue weighted by Gasteiger charge is -1.96. The number of hydrogen-bond donors (Lipinski definition) is 1. The first-order chi connectivity index (χ1) is 5.86. The van der Waals surface area contributed by atoms with E-state index >= 15 is 0 Å². The zero-order valence-corrected chi connectivity index (χ0v) is 6.14. The lowest BCUT2D eigenvalue weighted by atomic mass is 10.7. The minimum Gasteiger partial charge on any atom is -0.268 e. The molecular weight excluding hydrogens is 156 g/mol. The van der Waals surface area contributed by atoms with Crippen molar-refractivity contribution in [3.05, 3.63) is 41.1 Å². The third kappa shape index (κ3) is 1.12. The van der Waals surface area contributed by atoms with Gasteiger partial charge in [-0.2, -0.15) is 0 Å². The van der Waals surface area contributed by atoms with Gasteiger partial charge in [0.2, 0.25) is 5.95 Å². The van der Waals surface area contributed by atoms with Crippen molar-refractivity contribution >= 4 is 0 Å². The molecule has 2 aromatic heterocycles. The molecule has 60 valence electrons. The molecule has 0 fully saturated rings. The fourth-order valence-corrected chi connectivity index (χ4v) is 0.868. The highest BCUT2D eigenvalue weighted by atomic mass is 16.1. The van der Waals surface area contributed by atoms with Crippen LogP contribution in [-0.2, 0) is 0 Å². The van der Waals surface area contributed by atoms with Crippen LogP contribution < -0.4 is 5.56 Å². The van der Waals surface area contributed by atoms with E-state index in [1.807, 2.05) is 0 Å². The highest BCUT2D eigenvalue weighted by molar-refractivity contribution is 5.07. The van der Waals surface area contributed by atoms with Crippen LogP contribution >= 0.6 is 0 Å². The molecule has 0 aliphatic carbocycles. The first-order valence-electron chi connectivity index (χ1n) is 3.41. The van der Waals surface area contributed by atoms with Gasteiger partial charge in [0.15, 0.2) is 0 Å². The second kappa shape index (κ2) is 2.61. The van der Waals surface area contributed by atoms with Gasteiger partial charge in [-0.25, -0.2) is 14.6 Å². The van der Waals surface area contributed by atoms with Crippen molar-refractivity contribution < 1.29 is 0 Å². The molecule has 12 heavy (non-hydrogen) atoms. The quantitative estimate of drug-likeness (QED) is 0.639. The summed E-state index contributed by atoms with van der Waals surface area (Å²) in [4.78, 5) is 18.6. The molecule has 0 spiro atoms. The van der Waals surface area contributed by atoms with E-state index in [1.165, 1.54) is 10.7 Å². The molecule has 0 amide bonds. The van der Waals surface area contributed by atoms with E-state index in [0.717, 1.165) is 0 Å². The third-order valence-corrected chi connectivity index (χ3v) is 1.37. The summed E-state index contributed by atoms with van der Waals surface area (Å²) in [5.41, 5.74) is -0.164. The topological polar surface area (TPSA) is 63.6 Å². The van der Waals surface area contributed by atoms with Crippen molar-refractivity contribution in [2.45, 2.75) is 0 Å². The summed E-state index contributed by atoms with van der Waals surface area (Å²) in [6.07, 6.45) is 4.80. The van der Waals surface area contributed by atoms with Crippen LogP contribution in [0.4, 0.5) is 0 Å². The normalized spacial score (nSPS) is 10.0. The van der Waals surface area contributed by atoms with Crippen molar-refractivity contribution in [3.8, 4) is 5.95 Å². The Balaban J connectivity index is 2.51. The van der Waals surface area contributed by atoms with Gasteiger partial charge in [-0.15, -0.1) is 0 Å². The van der Waals surface area contributed by atoms with E-state index in [0.29, 0.717) is 5.95 Å². The van der Waals surface area contributed by atoms with Crippen molar-refractivity contribution in [2.24, 2.45) is 0 Å². The van der Waals surface area contributed by atoms with E-state index in [1.54, 1.807) is 24.7 Å². The molecule has 0 aliphatic heterocycles. The number of aromatic amines is 1. The molecule has 0 radical (unpaired) electrons. The monoisotopic (exact) mass is 162 g/mol. The smallest absolute Gasteiger partial charge is 0.264 e. The Hall–Kier alpha value is -1.91. The van der Waals surface area contributed by atoms with Crippen LogP contribution in [0.3, 0.4) is 0 Å². The summed E-state index contributed by atoms with van der Waals surface area (Å²) in [5, 5.41) is 2.53. The lowest BCUT2D eigenvalue weighted by Crippen LogP contribution is -2.05. The molecule has 0 saturated heterocycles. The Morgan fingerprint density at radius 2 is 2.08 bits per heavy atom. The molecule has 2 rings (SSSR count). The van der Waals surface area contributed by atoms with E-state index in [-0.39, 0.29) is 5.56 Å². The minimum absolute atomic E-state index is 0.164. The van der Waals surface area contributed by atoms with Crippen LogP contribution in [0, 0.1) is 0 Å². The van der Waals surface area contributed by atoms with Crippen LogP contribution in [0.25, 0.3) is 5.95 Å². The second-order valence-corrected chi connectivity index (χ2v) is 2.21. The number of aromatic nitrogens is 4. The molecule has 1 N–H and O–H groups in total. The molecule has 5 heteroatoms. The first kappa shape index (κ1) is 6.78. The van der Waals surface area contributed by atoms with Gasteiger partial charge in [0.25, 0.3) is 5.56 Å². The molecule has 0 bridgehead atoms. The maximum absolute atomic E-state index is 10.7. The molecule has 2 aromatic rings. The third-order valence-electron chi connectivity index (χ3n) is 1.37. The van der Waals surface area contributed by atoms with Gasteiger partial charge in [-0.3, -0.25) is 9.89 Å². The van der Waals surface area contributed by atoms with E-state index in [4.69, 9.17) is 0 Å². The van der Waals surface area contributed by atoms with Crippen LogP contribution in [0.15, 0.2) is 35.5 Å². The van der Waals surface area contributed by atoms with Crippen LogP contribution in [0.1, 0.15) is 0 Å². The lowest BCUT2D eigenvalue weighted by molar-refractivity contribution is 0.797. The van der Waals surface area contributed by atoms with E-state index < -0.39 is 0 Å². The second-order valence-electron chi connectivity index (χ2n) is 2.21. The Morgan fingerprint density at radius 1 is 1.33 bits per heavy atom. The highest BCUT2D eigenvalue weighted by Crippen LogP contribution is 1.92.